The molecule has 3 rings (SSSR count). The molecule has 0 aromatic heterocycles. The smallest absolute Gasteiger partial charge is 0.248 e. The van der Waals surface area contributed by atoms with Gasteiger partial charge >= 0.3 is 0 Å². The Labute approximate surface area is 165 Å². The van der Waals surface area contributed by atoms with E-state index in [-0.39, 0.29) is 10.8 Å². The summed E-state index contributed by atoms with van der Waals surface area (Å²) in [6, 6.07) is 14.0. The molecule has 0 atom stereocenters. The summed E-state index contributed by atoms with van der Waals surface area (Å²) in [5.74, 6) is -0.257. The summed E-state index contributed by atoms with van der Waals surface area (Å²) >= 11 is 0. The number of sulfonamides is 1. The van der Waals surface area contributed by atoms with E-state index in [9.17, 15) is 13.2 Å². The number of carbonyl (C=O) groups is 1. The lowest BCUT2D eigenvalue weighted by Crippen LogP contribution is -2.36. The fourth-order valence-corrected chi connectivity index (χ4v) is 3.61. The van der Waals surface area contributed by atoms with Crippen LogP contribution in [-0.4, -0.2) is 47.7 Å². The molecule has 0 aliphatic carbocycles. The number of carbonyl (C=O) groups excluding carboxylic acids is 1. The highest BCUT2D eigenvalue weighted by molar-refractivity contribution is 7.89. The van der Waals surface area contributed by atoms with Crippen LogP contribution in [0, 0.1) is 0 Å². The van der Waals surface area contributed by atoms with Crippen LogP contribution in [0.25, 0.3) is 6.08 Å². The zero-order valence-corrected chi connectivity index (χ0v) is 16.4. The van der Waals surface area contributed by atoms with Crippen LogP contribution in [0.3, 0.4) is 0 Å². The molecule has 0 saturated carbocycles. The van der Waals surface area contributed by atoms with Crippen molar-refractivity contribution in [2.24, 2.45) is 0 Å². The molecule has 1 aliphatic heterocycles. The molecule has 2 N–H and O–H groups in total. The van der Waals surface area contributed by atoms with Gasteiger partial charge in [-0.15, -0.1) is 0 Å². The first kappa shape index (κ1) is 20.1. The average molecular weight is 401 g/mol. The van der Waals surface area contributed by atoms with Crippen molar-refractivity contribution in [3.8, 4) is 0 Å². The average Bonchev–Trinajstić information content (AvgIpc) is 2.73. The normalized spacial score (nSPS) is 15.0. The Morgan fingerprint density at radius 3 is 2.43 bits per heavy atom. The van der Waals surface area contributed by atoms with Gasteiger partial charge in [-0.2, -0.15) is 0 Å². The van der Waals surface area contributed by atoms with E-state index in [0.29, 0.717) is 13.2 Å². The molecule has 1 heterocycles. The molecule has 148 valence electrons. The highest BCUT2D eigenvalue weighted by Gasteiger charge is 2.15. The summed E-state index contributed by atoms with van der Waals surface area (Å²) in [5, 5.41) is 2.91. The molecule has 2 aromatic carbocycles. The molecule has 1 amide bonds. The molecule has 0 spiro atoms. The van der Waals surface area contributed by atoms with Crippen LogP contribution in [0.15, 0.2) is 59.5 Å². The first-order valence-corrected chi connectivity index (χ1v) is 10.4. The van der Waals surface area contributed by atoms with Crippen molar-refractivity contribution < 1.29 is 17.9 Å². The molecule has 2 aromatic rings. The lowest BCUT2D eigenvalue weighted by Gasteiger charge is -2.30. The minimum Gasteiger partial charge on any atom is -0.378 e. The van der Waals surface area contributed by atoms with Gasteiger partial charge < -0.3 is 15.0 Å². The Morgan fingerprint density at radius 1 is 1.07 bits per heavy atom. The van der Waals surface area contributed by atoms with E-state index in [1.165, 1.54) is 25.3 Å². The van der Waals surface area contributed by atoms with Crippen LogP contribution in [-0.2, 0) is 19.6 Å². The second-order valence-corrected chi connectivity index (χ2v) is 8.10. The second-order valence-electron chi connectivity index (χ2n) is 6.22. The minimum absolute atomic E-state index is 0.177. The van der Waals surface area contributed by atoms with Crippen LogP contribution < -0.4 is 14.9 Å². The summed E-state index contributed by atoms with van der Waals surface area (Å²) in [5.41, 5.74) is 2.44. The van der Waals surface area contributed by atoms with Gasteiger partial charge in [0.1, 0.15) is 0 Å². The van der Waals surface area contributed by atoms with Crippen LogP contribution >= 0.6 is 0 Å². The summed E-state index contributed by atoms with van der Waals surface area (Å²) in [6.45, 7) is 2.90. The summed E-state index contributed by atoms with van der Waals surface area (Å²) < 4.78 is 31.1. The number of ether oxygens (including phenoxy) is 1. The van der Waals surface area contributed by atoms with E-state index in [1.807, 2.05) is 24.3 Å². The molecule has 1 fully saturated rings. The Morgan fingerprint density at radius 2 is 1.75 bits per heavy atom. The molecular weight excluding hydrogens is 378 g/mol. The SMILES string of the molecule is CNS(=O)(=O)c1ccc(/C=C/C(=O)Nc2ccccc2N2CCOCC2)cc1. The van der Waals surface area contributed by atoms with E-state index in [2.05, 4.69) is 14.9 Å². The topological polar surface area (TPSA) is 87.7 Å². The van der Waals surface area contributed by atoms with E-state index >= 15 is 0 Å². The molecule has 8 heteroatoms. The third kappa shape index (κ3) is 4.98. The van der Waals surface area contributed by atoms with E-state index in [4.69, 9.17) is 4.74 Å². The Balaban J connectivity index is 1.67. The standard InChI is InChI=1S/C20H23N3O4S/c1-21-28(25,26)17-9-6-16(7-10-17)8-11-20(24)22-18-4-2-3-5-19(18)23-12-14-27-15-13-23/h2-11,21H,12-15H2,1H3,(H,22,24)/b11-8+. The number of nitrogens with one attached hydrogen (secondary N) is 2. The molecule has 1 aliphatic rings. The van der Waals surface area contributed by atoms with E-state index < -0.39 is 10.0 Å². The lowest BCUT2D eigenvalue weighted by molar-refractivity contribution is -0.111. The quantitative estimate of drug-likeness (QED) is 0.724. The maximum Gasteiger partial charge on any atom is 0.248 e. The maximum atomic E-state index is 12.3. The second kappa shape index (κ2) is 9.01. The van der Waals surface area contributed by atoms with Crippen molar-refractivity contribution in [1.82, 2.24) is 4.72 Å². The van der Waals surface area contributed by atoms with E-state index in [0.717, 1.165) is 30.0 Å². The molecule has 1 saturated heterocycles. The van der Waals surface area contributed by atoms with Crippen molar-refractivity contribution >= 4 is 33.4 Å². The van der Waals surface area contributed by atoms with Crippen LogP contribution in [0.1, 0.15) is 5.56 Å². The zero-order chi connectivity index (χ0) is 20.0. The van der Waals surface area contributed by atoms with Gasteiger partial charge in [-0.05, 0) is 43.0 Å². The number of para-hydroxylation sites is 2. The monoisotopic (exact) mass is 401 g/mol. The third-order valence-corrected chi connectivity index (χ3v) is 5.83. The number of morpholine rings is 1. The number of nitrogens with zero attached hydrogens (tertiary/aromatic N) is 1. The predicted octanol–water partition coefficient (Wildman–Crippen LogP) is 2.08. The van der Waals surface area contributed by atoms with Crippen LogP contribution in [0.2, 0.25) is 0 Å². The number of hydrogen-bond donors (Lipinski definition) is 2. The molecule has 7 nitrogen and oxygen atoms in total. The van der Waals surface area contributed by atoms with Crippen molar-refractivity contribution in [3.63, 3.8) is 0 Å². The third-order valence-electron chi connectivity index (χ3n) is 4.40. The number of anilines is 2. The minimum atomic E-state index is -3.47. The Kier molecular flexibility index (Phi) is 6.45. The van der Waals surface area contributed by atoms with Gasteiger partial charge in [0.15, 0.2) is 0 Å². The largest absolute Gasteiger partial charge is 0.378 e. The van der Waals surface area contributed by atoms with Gasteiger partial charge in [0.2, 0.25) is 15.9 Å². The van der Waals surface area contributed by atoms with Crippen molar-refractivity contribution in [2.75, 3.05) is 43.6 Å². The van der Waals surface area contributed by atoms with E-state index in [1.54, 1.807) is 18.2 Å². The molecule has 0 bridgehead atoms. The van der Waals surface area contributed by atoms with Crippen molar-refractivity contribution in [2.45, 2.75) is 4.90 Å². The zero-order valence-electron chi connectivity index (χ0n) is 15.6. The number of benzene rings is 2. The molecule has 0 unspecified atom stereocenters. The van der Waals surface area contributed by atoms with Gasteiger partial charge in [-0.25, -0.2) is 13.1 Å². The Bertz CT molecular complexity index is 950. The summed E-state index contributed by atoms with van der Waals surface area (Å²) in [4.78, 5) is 14.7. The first-order chi connectivity index (χ1) is 13.5. The molecule has 0 radical (unpaired) electrons. The highest BCUT2D eigenvalue weighted by Crippen LogP contribution is 2.26. The van der Waals surface area contributed by atoms with Gasteiger partial charge in [0, 0.05) is 19.2 Å². The number of rotatable bonds is 6. The molecular formula is C20H23N3O4S. The van der Waals surface area contributed by atoms with Crippen molar-refractivity contribution in [3.05, 3.63) is 60.2 Å². The lowest BCUT2D eigenvalue weighted by atomic mass is 10.2. The fraction of sp³-hybridized carbons (Fsp3) is 0.250. The van der Waals surface area contributed by atoms with Gasteiger partial charge in [0.25, 0.3) is 0 Å². The fourth-order valence-electron chi connectivity index (χ4n) is 2.88. The van der Waals surface area contributed by atoms with Crippen molar-refractivity contribution in [1.29, 1.82) is 0 Å². The number of hydrogen-bond acceptors (Lipinski definition) is 5. The van der Waals surface area contributed by atoms with Gasteiger partial charge in [-0.3, -0.25) is 4.79 Å². The van der Waals surface area contributed by atoms with Crippen LogP contribution in [0.4, 0.5) is 11.4 Å². The summed E-state index contributed by atoms with van der Waals surface area (Å²) in [7, 11) is -2.11. The number of amides is 1. The first-order valence-electron chi connectivity index (χ1n) is 8.94. The molecule has 28 heavy (non-hydrogen) atoms. The van der Waals surface area contributed by atoms with Gasteiger partial charge in [-0.1, -0.05) is 24.3 Å². The predicted molar refractivity (Wildman–Crippen MR) is 110 cm³/mol. The van der Waals surface area contributed by atoms with Crippen LogP contribution in [0.5, 0.6) is 0 Å². The van der Waals surface area contributed by atoms with Gasteiger partial charge in [0.05, 0.1) is 29.5 Å². The maximum absolute atomic E-state index is 12.3. The summed E-state index contributed by atoms with van der Waals surface area (Å²) in [6.07, 6.45) is 3.07. The Hall–Kier alpha value is -2.68. The highest BCUT2D eigenvalue weighted by atomic mass is 32.2.